The lowest BCUT2D eigenvalue weighted by molar-refractivity contribution is -0.135. The zero-order valence-corrected chi connectivity index (χ0v) is 12.8. The average Bonchev–Trinajstić information content (AvgIpc) is 3.17. The predicted octanol–water partition coefficient (Wildman–Crippen LogP) is 0.931. The van der Waals surface area contributed by atoms with Gasteiger partial charge in [-0.3, -0.25) is 9.89 Å². The number of carbonyl (C=O) groups is 1. The Kier molecular flexibility index (Phi) is 4.04. The van der Waals surface area contributed by atoms with Crippen LogP contribution in [0.3, 0.4) is 0 Å². The zero-order chi connectivity index (χ0) is 15.5. The van der Waals surface area contributed by atoms with Gasteiger partial charge in [0.05, 0.1) is 12.5 Å². The molecule has 2 aromatic heterocycles. The standard InChI is InChI=1S/C15H20N6O/c1-11-7-21(14-5-3-4-6-16-14)8-12(11)15(22)20(2)9-13-17-10-18-19-13/h3-6,10-12H,7-9H2,1-2H3,(H,17,18,19)/t11-,12-/m1/s1. The number of carbonyl (C=O) groups excluding carboxylic acids is 1. The number of nitrogens with one attached hydrogen (secondary N) is 1. The quantitative estimate of drug-likeness (QED) is 0.909. The molecule has 3 rings (SSSR count). The molecule has 116 valence electrons. The fourth-order valence-electron chi connectivity index (χ4n) is 2.91. The van der Waals surface area contributed by atoms with Crippen LogP contribution in [0, 0.1) is 11.8 Å². The number of anilines is 1. The molecule has 7 nitrogen and oxygen atoms in total. The van der Waals surface area contributed by atoms with Crippen LogP contribution in [0.1, 0.15) is 12.7 Å². The molecule has 0 aromatic carbocycles. The Hall–Kier alpha value is -2.44. The van der Waals surface area contributed by atoms with Gasteiger partial charge in [-0.15, -0.1) is 0 Å². The number of aromatic nitrogens is 4. The zero-order valence-electron chi connectivity index (χ0n) is 12.8. The monoisotopic (exact) mass is 300 g/mol. The minimum Gasteiger partial charge on any atom is -0.356 e. The van der Waals surface area contributed by atoms with E-state index in [2.05, 4.69) is 32.0 Å². The summed E-state index contributed by atoms with van der Waals surface area (Å²) in [4.78, 5) is 25.0. The molecule has 22 heavy (non-hydrogen) atoms. The molecule has 1 N–H and O–H groups in total. The predicted molar refractivity (Wildman–Crippen MR) is 82.0 cm³/mol. The minimum atomic E-state index is -0.0186. The minimum absolute atomic E-state index is 0.0186. The number of rotatable bonds is 4. The summed E-state index contributed by atoms with van der Waals surface area (Å²) in [5.74, 6) is 2.05. The van der Waals surface area contributed by atoms with E-state index in [1.54, 1.807) is 18.1 Å². The number of hydrogen-bond acceptors (Lipinski definition) is 5. The largest absolute Gasteiger partial charge is 0.356 e. The summed E-state index contributed by atoms with van der Waals surface area (Å²) in [5, 5.41) is 6.59. The first-order valence-corrected chi connectivity index (χ1v) is 7.40. The maximum Gasteiger partial charge on any atom is 0.227 e. The molecule has 0 radical (unpaired) electrons. The topological polar surface area (TPSA) is 78.0 Å². The van der Waals surface area contributed by atoms with E-state index in [0.29, 0.717) is 24.8 Å². The molecular weight excluding hydrogens is 280 g/mol. The van der Waals surface area contributed by atoms with Crippen molar-refractivity contribution < 1.29 is 4.79 Å². The van der Waals surface area contributed by atoms with E-state index in [1.807, 2.05) is 18.2 Å². The van der Waals surface area contributed by atoms with Gasteiger partial charge in [0.2, 0.25) is 5.91 Å². The van der Waals surface area contributed by atoms with Crippen molar-refractivity contribution in [1.82, 2.24) is 25.1 Å². The second-order valence-electron chi connectivity index (χ2n) is 5.80. The Bertz CT molecular complexity index is 614. The molecule has 1 amide bonds. The number of pyridine rings is 1. The van der Waals surface area contributed by atoms with Crippen molar-refractivity contribution >= 4 is 11.7 Å². The molecule has 1 saturated heterocycles. The Labute approximate surface area is 129 Å². The van der Waals surface area contributed by atoms with Crippen molar-refractivity contribution in [3.63, 3.8) is 0 Å². The third-order valence-corrected chi connectivity index (χ3v) is 4.13. The van der Waals surface area contributed by atoms with Crippen LogP contribution in [0.2, 0.25) is 0 Å². The van der Waals surface area contributed by atoms with Crippen LogP contribution in [0.4, 0.5) is 5.82 Å². The lowest BCUT2D eigenvalue weighted by Crippen LogP contribution is -2.36. The van der Waals surface area contributed by atoms with Gasteiger partial charge < -0.3 is 9.80 Å². The smallest absolute Gasteiger partial charge is 0.227 e. The van der Waals surface area contributed by atoms with Crippen LogP contribution in [-0.4, -0.2) is 51.1 Å². The Balaban J connectivity index is 1.65. The first-order chi connectivity index (χ1) is 10.6. The van der Waals surface area contributed by atoms with Crippen molar-refractivity contribution in [2.24, 2.45) is 11.8 Å². The molecule has 2 atom stereocenters. The van der Waals surface area contributed by atoms with Gasteiger partial charge >= 0.3 is 0 Å². The van der Waals surface area contributed by atoms with Crippen LogP contribution in [-0.2, 0) is 11.3 Å². The Morgan fingerprint density at radius 1 is 1.41 bits per heavy atom. The van der Waals surface area contributed by atoms with E-state index in [-0.39, 0.29) is 11.8 Å². The Morgan fingerprint density at radius 3 is 2.95 bits per heavy atom. The SMILES string of the molecule is C[C@@H]1CN(c2ccccn2)C[C@H]1C(=O)N(C)Cc1ncn[nH]1. The van der Waals surface area contributed by atoms with Gasteiger partial charge in [0.15, 0.2) is 0 Å². The highest BCUT2D eigenvalue weighted by Gasteiger charge is 2.36. The summed E-state index contributed by atoms with van der Waals surface area (Å²) in [6.45, 7) is 4.13. The number of nitrogens with zero attached hydrogens (tertiary/aromatic N) is 5. The molecule has 3 heterocycles. The maximum atomic E-state index is 12.7. The normalized spacial score (nSPS) is 21.1. The number of amides is 1. The molecule has 1 fully saturated rings. The van der Waals surface area contributed by atoms with Crippen LogP contribution in [0.5, 0.6) is 0 Å². The second-order valence-corrected chi connectivity index (χ2v) is 5.80. The van der Waals surface area contributed by atoms with Crippen LogP contribution in [0.15, 0.2) is 30.7 Å². The van der Waals surface area contributed by atoms with Gasteiger partial charge in [-0.2, -0.15) is 5.10 Å². The first kappa shape index (κ1) is 14.5. The van der Waals surface area contributed by atoms with Crippen LogP contribution < -0.4 is 4.90 Å². The van der Waals surface area contributed by atoms with E-state index >= 15 is 0 Å². The maximum absolute atomic E-state index is 12.7. The van der Waals surface area contributed by atoms with Crippen molar-refractivity contribution in [3.05, 3.63) is 36.5 Å². The van der Waals surface area contributed by atoms with Gasteiger partial charge in [-0.25, -0.2) is 9.97 Å². The van der Waals surface area contributed by atoms with Crippen LogP contribution >= 0.6 is 0 Å². The summed E-state index contributed by atoms with van der Waals surface area (Å²) in [7, 11) is 1.81. The van der Waals surface area contributed by atoms with Crippen molar-refractivity contribution in [2.45, 2.75) is 13.5 Å². The molecular formula is C15H20N6O. The molecule has 1 aliphatic heterocycles. The van der Waals surface area contributed by atoms with E-state index in [9.17, 15) is 4.79 Å². The van der Waals surface area contributed by atoms with Gasteiger partial charge in [0, 0.05) is 26.3 Å². The summed E-state index contributed by atoms with van der Waals surface area (Å²) in [6, 6.07) is 5.85. The van der Waals surface area contributed by atoms with Gasteiger partial charge in [0.1, 0.15) is 18.0 Å². The Morgan fingerprint density at radius 2 is 2.27 bits per heavy atom. The average molecular weight is 300 g/mol. The van der Waals surface area contributed by atoms with Crippen molar-refractivity contribution in [2.75, 3.05) is 25.0 Å². The lowest BCUT2D eigenvalue weighted by Gasteiger charge is -2.22. The molecule has 0 aliphatic carbocycles. The fraction of sp³-hybridized carbons (Fsp3) is 0.467. The highest BCUT2D eigenvalue weighted by molar-refractivity contribution is 5.80. The first-order valence-electron chi connectivity index (χ1n) is 7.40. The van der Waals surface area contributed by atoms with Gasteiger partial charge in [0.25, 0.3) is 0 Å². The molecule has 7 heteroatoms. The van der Waals surface area contributed by atoms with E-state index in [1.165, 1.54) is 6.33 Å². The van der Waals surface area contributed by atoms with Gasteiger partial charge in [-0.1, -0.05) is 13.0 Å². The number of hydrogen-bond donors (Lipinski definition) is 1. The third kappa shape index (κ3) is 2.93. The molecule has 0 bridgehead atoms. The summed E-state index contributed by atoms with van der Waals surface area (Å²) in [6.07, 6.45) is 3.24. The van der Waals surface area contributed by atoms with Crippen molar-refractivity contribution in [3.8, 4) is 0 Å². The second kappa shape index (κ2) is 6.13. The summed E-state index contributed by atoms with van der Waals surface area (Å²) in [5.41, 5.74) is 0. The lowest BCUT2D eigenvalue weighted by atomic mass is 9.97. The fourth-order valence-corrected chi connectivity index (χ4v) is 2.91. The third-order valence-electron chi connectivity index (χ3n) is 4.13. The van der Waals surface area contributed by atoms with Crippen molar-refractivity contribution in [1.29, 1.82) is 0 Å². The van der Waals surface area contributed by atoms with Crippen LogP contribution in [0.25, 0.3) is 0 Å². The molecule has 0 saturated carbocycles. The number of aromatic amines is 1. The molecule has 2 aromatic rings. The number of H-pyrrole nitrogens is 1. The molecule has 0 unspecified atom stereocenters. The van der Waals surface area contributed by atoms with E-state index in [4.69, 9.17) is 0 Å². The molecule has 1 aliphatic rings. The highest BCUT2D eigenvalue weighted by atomic mass is 16.2. The summed E-state index contributed by atoms with van der Waals surface area (Å²) >= 11 is 0. The van der Waals surface area contributed by atoms with Gasteiger partial charge in [-0.05, 0) is 18.1 Å². The summed E-state index contributed by atoms with van der Waals surface area (Å²) < 4.78 is 0. The van der Waals surface area contributed by atoms with E-state index < -0.39 is 0 Å². The van der Waals surface area contributed by atoms with E-state index in [0.717, 1.165) is 12.4 Å². The highest BCUT2D eigenvalue weighted by Crippen LogP contribution is 2.28. The molecule has 0 spiro atoms.